The van der Waals surface area contributed by atoms with Gasteiger partial charge in [-0.3, -0.25) is 14.2 Å². The maximum Gasteiger partial charge on any atom is 0.283 e. The predicted molar refractivity (Wildman–Crippen MR) is 123 cm³/mol. The molecule has 2 heterocycles. The largest absolute Gasteiger partial charge is 0.353 e. The summed E-state index contributed by atoms with van der Waals surface area (Å²) in [6.07, 6.45) is 1.83. The fourth-order valence-corrected chi connectivity index (χ4v) is 4.99. The number of fused-ring (bicyclic) bond motifs is 2. The van der Waals surface area contributed by atoms with Crippen LogP contribution in [0.3, 0.4) is 0 Å². The number of amides is 1. The van der Waals surface area contributed by atoms with Crippen LogP contribution in [0.5, 0.6) is 0 Å². The maximum atomic E-state index is 13.4. The number of benzene rings is 2. The van der Waals surface area contributed by atoms with Crippen LogP contribution >= 0.6 is 11.8 Å². The van der Waals surface area contributed by atoms with Crippen LogP contribution in [0, 0.1) is 12.7 Å². The second-order valence-electron chi connectivity index (χ2n) is 7.87. The SMILES string of the molecule is Cc1cc2nc(SCC(=O)N[C@H]3CCc4ccccc43)n(-c3ccc(F)cc3)c(=O)c2[nH]1. The van der Waals surface area contributed by atoms with Crippen molar-refractivity contribution in [2.24, 2.45) is 0 Å². The van der Waals surface area contributed by atoms with Crippen molar-refractivity contribution in [1.29, 1.82) is 0 Å². The van der Waals surface area contributed by atoms with E-state index in [-0.39, 0.29) is 23.3 Å². The van der Waals surface area contributed by atoms with Crippen LogP contribution in [0.2, 0.25) is 0 Å². The van der Waals surface area contributed by atoms with E-state index in [1.54, 1.807) is 6.07 Å². The van der Waals surface area contributed by atoms with E-state index in [2.05, 4.69) is 27.4 Å². The molecule has 2 aromatic carbocycles. The minimum atomic E-state index is -0.392. The fraction of sp³-hybridized carbons (Fsp3) is 0.208. The van der Waals surface area contributed by atoms with Crippen LogP contribution in [-0.4, -0.2) is 26.2 Å². The van der Waals surface area contributed by atoms with E-state index in [4.69, 9.17) is 0 Å². The summed E-state index contributed by atoms with van der Waals surface area (Å²) in [4.78, 5) is 33.6. The minimum absolute atomic E-state index is 0.00125. The summed E-state index contributed by atoms with van der Waals surface area (Å²) in [5.74, 6) is -0.403. The first-order chi connectivity index (χ1) is 15.5. The van der Waals surface area contributed by atoms with Gasteiger partial charge in [-0.2, -0.15) is 0 Å². The highest BCUT2D eigenvalue weighted by molar-refractivity contribution is 7.99. The number of thioether (sulfide) groups is 1. The van der Waals surface area contributed by atoms with E-state index in [0.29, 0.717) is 21.9 Å². The van der Waals surface area contributed by atoms with Crippen LogP contribution in [0.25, 0.3) is 16.7 Å². The van der Waals surface area contributed by atoms with E-state index < -0.39 is 5.82 Å². The third-order valence-corrected chi connectivity index (χ3v) is 6.58. The number of halogens is 1. The van der Waals surface area contributed by atoms with Gasteiger partial charge in [0, 0.05) is 5.69 Å². The number of aryl methyl sites for hydroxylation is 2. The van der Waals surface area contributed by atoms with Gasteiger partial charge in [0.2, 0.25) is 5.91 Å². The number of rotatable bonds is 5. The Morgan fingerprint density at radius 3 is 2.84 bits per heavy atom. The van der Waals surface area contributed by atoms with Gasteiger partial charge in [-0.1, -0.05) is 36.0 Å². The molecule has 8 heteroatoms. The van der Waals surface area contributed by atoms with Gasteiger partial charge >= 0.3 is 0 Å². The van der Waals surface area contributed by atoms with Crippen molar-refractivity contribution >= 4 is 28.7 Å². The first kappa shape index (κ1) is 20.5. The zero-order valence-corrected chi connectivity index (χ0v) is 18.2. The van der Waals surface area contributed by atoms with Crippen molar-refractivity contribution in [2.45, 2.75) is 31.0 Å². The lowest BCUT2D eigenvalue weighted by Crippen LogP contribution is -2.29. The Bertz CT molecular complexity index is 1380. The van der Waals surface area contributed by atoms with Crippen molar-refractivity contribution in [3.8, 4) is 5.69 Å². The first-order valence-electron chi connectivity index (χ1n) is 10.4. The van der Waals surface area contributed by atoms with Crippen molar-refractivity contribution in [3.63, 3.8) is 0 Å². The molecule has 4 aromatic rings. The first-order valence-corrected chi connectivity index (χ1v) is 11.4. The van der Waals surface area contributed by atoms with Crippen LogP contribution in [0.4, 0.5) is 4.39 Å². The highest BCUT2D eigenvalue weighted by Gasteiger charge is 2.24. The molecule has 0 saturated heterocycles. The number of hydrogen-bond donors (Lipinski definition) is 2. The molecular formula is C24H21FN4O2S. The minimum Gasteiger partial charge on any atom is -0.353 e. The van der Waals surface area contributed by atoms with Gasteiger partial charge in [0.15, 0.2) is 5.16 Å². The molecule has 0 aliphatic heterocycles. The molecule has 0 unspecified atom stereocenters. The van der Waals surface area contributed by atoms with Crippen LogP contribution in [0.1, 0.15) is 29.3 Å². The van der Waals surface area contributed by atoms with E-state index in [9.17, 15) is 14.0 Å². The molecule has 0 fully saturated rings. The average molecular weight is 449 g/mol. The topological polar surface area (TPSA) is 79.8 Å². The standard InChI is InChI=1S/C24H21FN4O2S/c1-14-12-20-22(26-14)23(31)29(17-9-7-16(25)8-10-17)24(28-20)32-13-21(30)27-19-11-6-15-4-2-3-5-18(15)19/h2-5,7-10,12,19,26H,6,11,13H2,1H3,(H,27,30)/t19-/m0/s1. The molecule has 1 amide bonds. The summed E-state index contributed by atoms with van der Waals surface area (Å²) in [5, 5.41) is 3.48. The molecular weight excluding hydrogens is 427 g/mol. The number of carbonyl (C=O) groups excluding carboxylic acids is 1. The molecule has 1 aliphatic rings. The lowest BCUT2D eigenvalue weighted by Gasteiger charge is -2.15. The zero-order valence-electron chi connectivity index (χ0n) is 17.4. The molecule has 2 N–H and O–H groups in total. The van der Waals surface area contributed by atoms with Gasteiger partial charge < -0.3 is 10.3 Å². The number of hydrogen-bond acceptors (Lipinski definition) is 4. The Hall–Kier alpha value is -3.39. The van der Waals surface area contributed by atoms with Crippen molar-refractivity contribution in [2.75, 3.05) is 5.75 Å². The molecule has 0 spiro atoms. The summed E-state index contributed by atoms with van der Waals surface area (Å²) in [7, 11) is 0. The molecule has 5 rings (SSSR count). The molecule has 1 atom stereocenters. The Kier molecular flexibility index (Phi) is 5.30. The number of H-pyrrole nitrogens is 1. The normalized spacial score (nSPS) is 15.1. The van der Waals surface area contributed by atoms with Crippen molar-refractivity contribution < 1.29 is 9.18 Å². The molecule has 32 heavy (non-hydrogen) atoms. The van der Waals surface area contributed by atoms with Crippen LogP contribution in [0.15, 0.2) is 64.5 Å². The Morgan fingerprint density at radius 2 is 2.03 bits per heavy atom. The summed E-state index contributed by atoms with van der Waals surface area (Å²) in [6.45, 7) is 1.85. The Labute approximate surface area is 187 Å². The van der Waals surface area contributed by atoms with Crippen LogP contribution in [-0.2, 0) is 11.2 Å². The summed E-state index contributed by atoms with van der Waals surface area (Å²) < 4.78 is 14.9. The second-order valence-corrected chi connectivity index (χ2v) is 8.81. The van der Waals surface area contributed by atoms with Gasteiger partial charge in [-0.25, -0.2) is 9.37 Å². The van der Waals surface area contributed by atoms with Gasteiger partial charge in [0.05, 0.1) is 23.0 Å². The third-order valence-electron chi connectivity index (χ3n) is 5.64. The van der Waals surface area contributed by atoms with Gasteiger partial charge in [-0.05, 0) is 61.2 Å². The number of nitrogens with one attached hydrogen (secondary N) is 2. The smallest absolute Gasteiger partial charge is 0.283 e. The van der Waals surface area contributed by atoms with E-state index in [1.807, 2.05) is 19.1 Å². The molecule has 2 aromatic heterocycles. The van der Waals surface area contributed by atoms with Gasteiger partial charge in [0.1, 0.15) is 11.3 Å². The molecule has 0 bridgehead atoms. The highest BCUT2D eigenvalue weighted by Crippen LogP contribution is 2.31. The highest BCUT2D eigenvalue weighted by atomic mass is 32.2. The van der Waals surface area contributed by atoms with E-state index in [0.717, 1.165) is 24.1 Å². The van der Waals surface area contributed by atoms with Gasteiger partial charge in [-0.15, -0.1) is 0 Å². The quantitative estimate of drug-likeness (QED) is 0.357. The summed E-state index contributed by atoms with van der Waals surface area (Å²) >= 11 is 1.19. The van der Waals surface area contributed by atoms with Gasteiger partial charge in [0.25, 0.3) is 5.56 Å². The second kappa shape index (κ2) is 8.27. The molecule has 1 aliphatic carbocycles. The monoisotopic (exact) mass is 448 g/mol. The number of nitrogens with zero attached hydrogens (tertiary/aromatic N) is 2. The summed E-state index contributed by atoms with van der Waals surface area (Å²) in [5.41, 5.74) is 4.37. The molecule has 6 nitrogen and oxygen atoms in total. The average Bonchev–Trinajstić information content (AvgIpc) is 3.36. The molecule has 0 radical (unpaired) electrons. The Morgan fingerprint density at radius 1 is 1.25 bits per heavy atom. The fourth-order valence-electron chi connectivity index (χ4n) is 4.17. The van der Waals surface area contributed by atoms with Crippen molar-refractivity contribution in [1.82, 2.24) is 19.9 Å². The molecule has 0 saturated carbocycles. The van der Waals surface area contributed by atoms with Crippen molar-refractivity contribution in [3.05, 3.63) is 87.6 Å². The number of aromatic amines is 1. The molecule has 162 valence electrons. The zero-order chi connectivity index (χ0) is 22.2. The number of aromatic nitrogens is 3. The maximum absolute atomic E-state index is 13.4. The van der Waals surface area contributed by atoms with E-state index >= 15 is 0 Å². The summed E-state index contributed by atoms with van der Waals surface area (Å²) in [6, 6.07) is 15.6. The lowest BCUT2D eigenvalue weighted by atomic mass is 10.1. The predicted octanol–water partition coefficient (Wildman–Crippen LogP) is 4.06. The Balaban J connectivity index is 1.42. The van der Waals surface area contributed by atoms with Crippen LogP contribution < -0.4 is 10.9 Å². The third kappa shape index (κ3) is 3.82. The number of carbonyl (C=O) groups is 1. The van der Waals surface area contributed by atoms with E-state index in [1.165, 1.54) is 46.2 Å². The lowest BCUT2D eigenvalue weighted by molar-refractivity contribution is -0.119.